The van der Waals surface area contributed by atoms with Gasteiger partial charge in [0.25, 0.3) is 0 Å². The molecule has 7 heteroatoms. The van der Waals surface area contributed by atoms with E-state index in [9.17, 15) is 4.39 Å². The normalized spacial score (nSPS) is 20.3. The number of benzene rings is 1. The number of nitrogens with zero attached hydrogens (tertiary/aromatic N) is 4. The zero-order valence-electron chi connectivity index (χ0n) is 17.8. The van der Waals surface area contributed by atoms with Gasteiger partial charge in [-0.25, -0.2) is 9.37 Å². The fraction of sp³-hybridized carbons (Fsp3) is 0.545. The summed E-state index contributed by atoms with van der Waals surface area (Å²) < 4.78 is 15.9. The summed E-state index contributed by atoms with van der Waals surface area (Å²) in [4.78, 5) is 11.5. The van der Waals surface area contributed by atoms with Crippen molar-refractivity contribution in [1.29, 1.82) is 0 Å². The largest absolute Gasteiger partial charge is 0.357 e. The Morgan fingerprint density at radius 3 is 2.83 bits per heavy atom. The van der Waals surface area contributed by atoms with Crippen molar-refractivity contribution in [1.82, 2.24) is 19.8 Å². The Morgan fingerprint density at radius 2 is 2.17 bits per heavy atom. The van der Waals surface area contributed by atoms with Crippen LogP contribution in [0.4, 0.5) is 4.39 Å². The smallest absolute Gasteiger partial charge is 0.194 e. The maximum atomic E-state index is 13.7. The van der Waals surface area contributed by atoms with E-state index < -0.39 is 0 Å². The number of aliphatic imine (C=N–C) groups is 1. The molecule has 2 heterocycles. The van der Waals surface area contributed by atoms with Crippen molar-refractivity contribution in [3.63, 3.8) is 0 Å². The summed E-state index contributed by atoms with van der Waals surface area (Å²) >= 11 is 0. The predicted octanol–water partition coefficient (Wildman–Crippen LogP) is 4.47. The molecule has 0 amide bonds. The molecule has 1 aliphatic rings. The van der Waals surface area contributed by atoms with Crippen LogP contribution in [0.2, 0.25) is 0 Å². The van der Waals surface area contributed by atoms with E-state index in [1.54, 1.807) is 12.1 Å². The third-order valence-corrected chi connectivity index (χ3v) is 5.69. The molecule has 5 nitrogen and oxygen atoms in total. The quantitative estimate of drug-likeness (QED) is 0.365. The predicted molar refractivity (Wildman–Crippen MR) is 127 cm³/mol. The molecule has 1 aromatic carbocycles. The molecule has 1 saturated heterocycles. The SMILES string of the molecule is CCNC(=NCC(C)(C)c1cccc(F)c1)N1CCC(C)C(n2ccnc2)C1.I. The maximum absolute atomic E-state index is 13.7. The Labute approximate surface area is 190 Å². The first-order chi connectivity index (χ1) is 13.4. The van der Waals surface area contributed by atoms with Gasteiger partial charge in [-0.15, -0.1) is 24.0 Å². The van der Waals surface area contributed by atoms with E-state index >= 15 is 0 Å². The van der Waals surface area contributed by atoms with Crippen molar-refractivity contribution in [3.05, 3.63) is 54.4 Å². The summed E-state index contributed by atoms with van der Waals surface area (Å²) in [6.45, 7) is 11.9. The number of halogens is 2. The molecule has 0 bridgehead atoms. The first-order valence-electron chi connectivity index (χ1n) is 10.2. The van der Waals surface area contributed by atoms with Crippen molar-refractivity contribution >= 4 is 29.9 Å². The van der Waals surface area contributed by atoms with Gasteiger partial charge in [0.05, 0.1) is 18.9 Å². The Morgan fingerprint density at radius 1 is 1.38 bits per heavy atom. The second-order valence-electron chi connectivity index (χ2n) is 8.35. The van der Waals surface area contributed by atoms with Crippen LogP contribution in [-0.4, -0.2) is 46.6 Å². The van der Waals surface area contributed by atoms with E-state index in [0.717, 1.165) is 37.6 Å². The molecule has 2 aromatic rings. The minimum atomic E-state index is -0.240. The van der Waals surface area contributed by atoms with Gasteiger partial charge in [-0.2, -0.15) is 0 Å². The van der Waals surface area contributed by atoms with E-state index in [0.29, 0.717) is 18.5 Å². The average molecular weight is 513 g/mol. The lowest BCUT2D eigenvalue weighted by Gasteiger charge is -2.39. The topological polar surface area (TPSA) is 45.5 Å². The number of hydrogen-bond acceptors (Lipinski definition) is 2. The van der Waals surface area contributed by atoms with Crippen molar-refractivity contribution in [2.75, 3.05) is 26.2 Å². The minimum Gasteiger partial charge on any atom is -0.357 e. The van der Waals surface area contributed by atoms with Gasteiger partial charge >= 0.3 is 0 Å². The van der Waals surface area contributed by atoms with Crippen LogP contribution in [0.5, 0.6) is 0 Å². The highest BCUT2D eigenvalue weighted by atomic mass is 127. The molecule has 0 saturated carbocycles. The Balaban J connectivity index is 0.00000300. The van der Waals surface area contributed by atoms with Gasteiger partial charge in [0.1, 0.15) is 5.82 Å². The van der Waals surface area contributed by atoms with Crippen LogP contribution >= 0.6 is 24.0 Å². The molecular weight excluding hydrogens is 480 g/mol. The standard InChI is InChI=1S/C22H32FN5.HI/c1-5-25-21(26-15-22(3,4)18-7-6-8-19(23)13-18)27-11-9-17(2)20(14-27)28-12-10-24-16-28;/h6-8,10,12-13,16-17,20H,5,9,11,14-15H2,1-4H3,(H,25,26);1H. The fourth-order valence-electron chi connectivity index (χ4n) is 3.79. The molecular formula is C22H33FIN5. The maximum Gasteiger partial charge on any atom is 0.194 e. The highest BCUT2D eigenvalue weighted by molar-refractivity contribution is 14.0. The van der Waals surface area contributed by atoms with Gasteiger partial charge in [0.2, 0.25) is 0 Å². The molecule has 1 aromatic heterocycles. The molecule has 160 valence electrons. The molecule has 2 atom stereocenters. The summed E-state index contributed by atoms with van der Waals surface area (Å²) in [5.74, 6) is 1.33. The minimum absolute atomic E-state index is 0. The number of guanidine groups is 1. The fourth-order valence-corrected chi connectivity index (χ4v) is 3.79. The van der Waals surface area contributed by atoms with Gasteiger partial charge in [0, 0.05) is 37.4 Å². The second-order valence-corrected chi connectivity index (χ2v) is 8.35. The van der Waals surface area contributed by atoms with E-state index in [1.807, 2.05) is 24.8 Å². The number of nitrogens with one attached hydrogen (secondary N) is 1. The first-order valence-corrected chi connectivity index (χ1v) is 10.2. The molecule has 0 aliphatic carbocycles. The van der Waals surface area contributed by atoms with Gasteiger partial charge in [0.15, 0.2) is 5.96 Å². The van der Waals surface area contributed by atoms with Gasteiger partial charge in [-0.1, -0.05) is 32.9 Å². The number of rotatable bonds is 5. The number of aromatic nitrogens is 2. The molecule has 3 rings (SSSR count). The van der Waals surface area contributed by atoms with Crippen molar-refractivity contribution in [2.24, 2.45) is 10.9 Å². The van der Waals surface area contributed by atoms with Crippen LogP contribution in [0.15, 0.2) is 48.0 Å². The zero-order valence-corrected chi connectivity index (χ0v) is 20.1. The van der Waals surface area contributed by atoms with Gasteiger partial charge < -0.3 is 14.8 Å². The van der Waals surface area contributed by atoms with Crippen LogP contribution in [0.25, 0.3) is 0 Å². The number of piperidine rings is 1. The summed E-state index contributed by atoms with van der Waals surface area (Å²) in [5.41, 5.74) is 0.728. The van der Waals surface area contributed by atoms with E-state index in [2.05, 4.69) is 47.5 Å². The Hall–Kier alpha value is -1.64. The monoisotopic (exact) mass is 513 g/mol. The summed E-state index contributed by atoms with van der Waals surface area (Å²) in [6.07, 6.45) is 6.90. The molecule has 1 N–H and O–H groups in total. The van der Waals surface area contributed by atoms with E-state index in [4.69, 9.17) is 4.99 Å². The zero-order chi connectivity index (χ0) is 20.1. The summed E-state index contributed by atoms with van der Waals surface area (Å²) in [7, 11) is 0. The van der Waals surface area contributed by atoms with E-state index in [1.165, 1.54) is 6.07 Å². The molecule has 29 heavy (non-hydrogen) atoms. The van der Waals surface area contributed by atoms with Crippen LogP contribution in [0, 0.1) is 11.7 Å². The van der Waals surface area contributed by atoms with Crippen molar-refractivity contribution in [2.45, 2.75) is 45.6 Å². The second kappa shape index (κ2) is 10.4. The molecule has 0 radical (unpaired) electrons. The molecule has 1 fully saturated rings. The van der Waals surface area contributed by atoms with E-state index in [-0.39, 0.29) is 35.2 Å². The molecule has 0 spiro atoms. The van der Waals surface area contributed by atoms with Crippen LogP contribution < -0.4 is 5.32 Å². The Kier molecular flexibility index (Phi) is 8.48. The van der Waals surface area contributed by atoms with Crippen molar-refractivity contribution < 1.29 is 4.39 Å². The lowest BCUT2D eigenvalue weighted by Crippen LogP contribution is -2.49. The number of imidazole rings is 1. The van der Waals surface area contributed by atoms with Gasteiger partial charge in [-0.3, -0.25) is 4.99 Å². The number of hydrogen-bond donors (Lipinski definition) is 1. The third-order valence-electron chi connectivity index (χ3n) is 5.69. The lowest BCUT2D eigenvalue weighted by atomic mass is 9.85. The third kappa shape index (κ3) is 5.93. The number of likely N-dealkylation sites (tertiary alicyclic amines) is 1. The first kappa shape index (κ1) is 23.6. The van der Waals surface area contributed by atoms with Crippen LogP contribution in [0.1, 0.15) is 45.7 Å². The highest BCUT2D eigenvalue weighted by Gasteiger charge is 2.29. The Bertz CT molecular complexity index is 790. The average Bonchev–Trinajstić information content (AvgIpc) is 3.20. The molecule has 1 aliphatic heterocycles. The summed E-state index contributed by atoms with van der Waals surface area (Å²) in [5, 5.41) is 3.45. The lowest BCUT2D eigenvalue weighted by molar-refractivity contribution is 0.188. The van der Waals surface area contributed by atoms with Crippen LogP contribution in [0.3, 0.4) is 0 Å². The highest BCUT2D eigenvalue weighted by Crippen LogP contribution is 2.28. The summed E-state index contributed by atoms with van der Waals surface area (Å²) in [6, 6.07) is 7.22. The van der Waals surface area contributed by atoms with Gasteiger partial charge in [-0.05, 0) is 37.0 Å². The molecule has 2 unspecified atom stereocenters. The van der Waals surface area contributed by atoms with Crippen molar-refractivity contribution in [3.8, 4) is 0 Å². The van der Waals surface area contributed by atoms with Crippen LogP contribution in [-0.2, 0) is 5.41 Å².